The molecule has 0 fully saturated rings. The molecule has 82 valence electrons. The lowest BCUT2D eigenvalue weighted by Gasteiger charge is -2.06. The van der Waals surface area contributed by atoms with Crippen LogP contribution in [0.5, 0.6) is 0 Å². The van der Waals surface area contributed by atoms with Crippen molar-refractivity contribution in [3.8, 4) is 11.3 Å². The molecule has 0 atom stereocenters. The van der Waals surface area contributed by atoms with Gasteiger partial charge in [-0.05, 0) is 31.6 Å². The highest BCUT2D eigenvalue weighted by atomic mass is 32.1. The standard InChI is InChI=1S/C12H12N2OS/c1-7-3-4-9(8(2)5-7)10-6-11(15)14-12(16)13-10/h3-6H,1-2H3,(H2,13,14,15,16). The Bertz CT molecular complexity index is 612. The van der Waals surface area contributed by atoms with Gasteiger partial charge in [0.1, 0.15) is 0 Å². The average molecular weight is 232 g/mol. The van der Waals surface area contributed by atoms with E-state index in [4.69, 9.17) is 12.2 Å². The van der Waals surface area contributed by atoms with Crippen LogP contribution in [0.4, 0.5) is 0 Å². The number of aromatic amines is 2. The Morgan fingerprint density at radius 2 is 1.88 bits per heavy atom. The van der Waals surface area contributed by atoms with Gasteiger partial charge >= 0.3 is 0 Å². The molecular weight excluding hydrogens is 220 g/mol. The number of nitrogens with one attached hydrogen (secondary N) is 2. The molecule has 4 heteroatoms. The summed E-state index contributed by atoms with van der Waals surface area (Å²) in [5.41, 5.74) is 3.90. The third-order valence-corrected chi connectivity index (χ3v) is 2.64. The minimum absolute atomic E-state index is 0.182. The Hall–Kier alpha value is -1.68. The number of rotatable bonds is 1. The first-order valence-electron chi connectivity index (χ1n) is 4.97. The summed E-state index contributed by atoms with van der Waals surface area (Å²) in [5, 5.41) is 0. The molecule has 0 saturated carbocycles. The van der Waals surface area contributed by atoms with Crippen LogP contribution in [0, 0.1) is 18.6 Å². The normalized spacial score (nSPS) is 10.4. The minimum Gasteiger partial charge on any atom is -0.332 e. The quantitative estimate of drug-likeness (QED) is 0.743. The van der Waals surface area contributed by atoms with Crippen molar-refractivity contribution in [3.05, 3.63) is 50.5 Å². The van der Waals surface area contributed by atoms with E-state index in [2.05, 4.69) is 16.0 Å². The average Bonchev–Trinajstić information content (AvgIpc) is 2.15. The topological polar surface area (TPSA) is 48.6 Å². The van der Waals surface area contributed by atoms with Gasteiger partial charge in [0.15, 0.2) is 4.77 Å². The third-order valence-electron chi connectivity index (χ3n) is 2.43. The van der Waals surface area contributed by atoms with E-state index in [-0.39, 0.29) is 5.56 Å². The summed E-state index contributed by atoms with van der Waals surface area (Å²) in [6, 6.07) is 7.60. The van der Waals surface area contributed by atoms with E-state index in [0.29, 0.717) is 4.77 Å². The molecule has 2 rings (SSSR count). The van der Waals surface area contributed by atoms with Crippen LogP contribution in [0.25, 0.3) is 11.3 Å². The van der Waals surface area contributed by atoms with Crippen molar-refractivity contribution in [3.63, 3.8) is 0 Å². The Morgan fingerprint density at radius 1 is 1.12 bits per heavy atom. The Balaban J connectivity index is 2.67. The molecule has 0 aliphatic rings. The van der Waals surface area contributed by atoms with E-state index < -0.39 is 0 Å². The molecule has 0 aliphatic heterocycles. The number of hydrogen-bond acceptors (Lipinski definition) is 2. The maximum Gasteiger partial charge on any atom is 0.252 e. The lowest BCUT2D eigenvalue weighted by atomic mass is 10.0. The Kier molecular flexibility index (Phi) is 2.75. The van der Waals surface area contributed by atoms with Gasteiger partial charge in [0.2, 0.25) is 0 Å². The fraction of sp³-hybridized carbons (Fsp3) is 0.167. The van der Waals surface area contributed by atoms with Gasteiger partial charge < -0.3 is 4.98 Å². The summed E-state index contributed by atoms with van der Waals surface area (Å²) in [6.07, 6.45) is 0. The van der Waals surface area contributed by atoms with Gasteiger partial charge in [0.05, 0.1) is 5.69 Å². The molecule has 3 nitrogen and oxygen atoms in total. The Labute approximate surface area is 98.2 Å². The highest BCUT2D eigenvalue weighted by Crippen LogP contribution is 2.20. The number of H-pyrrole nitrogens is 2. The summed E-state index contributed by atoms with van der Waals surface area (Å²) in [4.78, 5) is 16.8. The van der Waals surface area contributed by atoms with Gasteiger partial charge in [-0.15, -0.1) is 0 Å². The van der Waals surface area contributed by atoms with Gasteiger partial charge in [0, 0.05) is 11.6 Å². The number of aromatic nitrogens is 2. The minimum atomic E-state index is -0.182. The summed E-state index contributed by atoms with van der Waals surface area (Å²) in [5.74, 6) is 0. The van der Waals surface area contributed by atoms with E-state index >= 15 is 0 Å². The molecule has 0 unspecified atom stereocenters. The molecule has 2 aromatic rings. The van der Waals surface area contributed by atoms with Gasteiger partial charge in [-0.2, -0.15) is 0 Å². The molecule has 1 aromatic heterocycles. The van der Waals surface area contributed by atoms with Gasteiger partial charge in [-0.3, -0.25) is 9.78 Å². The van der Waals surface area contributed by atoms with Crippen LogP contribution in [0.15, 0.2) is 29.1 Å². The monoisotopic (exact) mass is 232 g/mol. The second-order valence-electron chi connectivity index (χ2n) is 3.82. The molecule has 0 radical (unpaired) electrons. The number of hydrogen-bond donors (Lipinski definition) is 2. The van der Waals surface area contributed by atoms with E-state index in [0.717, 1.165) is 16.8 Å². The first kappa shape index (κ1) is 10.8. The van der Waals surface area contributed by atoms with Gasteiger partial charge in [0.25, 0.3) is 5.56 Å². The molecule has 0 amide bonds. The van der Waals surface area contributed by atoms with Crippen molar-refractivity contribution < 1.29 is 0 Å². The van der Waals surface area contributed by atoms with Crippen molar-refractivity contribution in [1.82, 2.24) is 9.97 Å². The van der Waals surface area contributed by atoms with Crippen molar-refractivity contribution in [2.24, 2.45) is 0 Å². The largest absolute Gasteiger partial charge is 0.332 e. The zero-order chi connectivity index (χ0) is 11.7. The van der Waals surface area contributed by atoms with Crippen LogP contribution in [0.3, 0.4) is 0 Å². The first-order chi connectivity index (χ1) is 7.56. The van der Waals surface area contributed by atoms with E-state index in [1.807, 2.05) is 26.0 Å². The van der Waals surface area contributed by atoms with Gasteiger partial charge in [-0.25, -0.2) is 0 Å². The molecule has 1 heterocycles. The second kappa shape index (κ2) is 4.06. The van der Waals surface area contributed by atoms with Crippen LogP contribution in [0.1, 0.15) is 11.1 Å². The highest BCUT2D eigenvalue weighted by molar-refractivity contribution is 7.71. The number of aryl methyl sites for hydroxylation is 2. The summed E-state index contributed by atoms with van der Waals surface area (Å²) < 4.78 is 0.350. The predicted octanol–water partition coefficient (Wildman–Crippen LogP) is 2.72. The van der Waals surface area contributed by atoms with Gasteiger partial charge in [-0.1, -0.05) is 23.8 Å². The molecule has 0 saturated heterocycles. The van der Waals surface area contributed by atoms with Crippen LogP contribution in [0.2, 0.25) is 0 Å². The van der Waals surface area contributed by atoms with Crippen molar-refractivity contribution in [1.29, 1.82) is 0 Å². The molecule has 16 heavy (non-hydrogen) atoms. The fourth-order valence-electron chi connectivity index (χ4n) is 1.73. The summed E-state index contributed by atoms with van der Waals surface area (Å²) in [7, 11) is 0. The molecule has 2 N–H and O–H groups in total. The lowest BCUT2D eigenvalue weighted by molar-refractivity contribution is 1.09. The molecule has 1 aromatic carbocycles. The second-order valence-corrected chi connectivity index (χ2v) is 4.23. The van der Waals surface area contributed by atoms with Crippen molar-refractivity contribution in [2.45, 2.75) is 13.8 Å². The maximum atomic E-state index is 11.3. The van der Waals surface area contributed by atoms with Crippen LogP contribution >= 0.6 is 12.2 Å². The van der Waals surface area contributed by atoms with E-state index in [1.54, 1.807) is 0 Å². The zero-order valence-electron chi connectivity index (χ0n) is 9.13. The van der Waals surface area contributed by atoms with Crippen LogP contribution in [-0.2, 0) is 0 Å². The van der Waals surface area contributed by atoms with Crippen molar-refractivity contribution in [2.75, 3.05) is 0 Å². The first-order valence-corrected chi connectivity index (χ1v) is 5.38. The van der Waals surface area contributed by atoms with E-state index in [1.165, 1.54) is 11.6 Å². The van der Waals surface area contributed by atoms with Crippen LogP contribution in [-0.4, -0.2) is 9.97 Å². The molecule has 0 spiro atoms. The van der Waals surface area contributed by atoms with Crippen LogP contribution < -0.4 is 5.56 Å². The highest BCUT2D eigenvalue weighted by Gasteiger charge is 2.03. The molecular formula is C12H12N2OS. The van der Waals surface area contributed by atoms with E-state index in [9.17, 15) is 4.79 Å². The molecule has 0 bridgehead atoms. The predicted molar refractivity (Wildman–Crippen MR) is 67.2 cm³/mol. The smallest absolute Gasteiger partial charge is 0.252 e. The molecule has 0 aliphatic carbocycles. The third kappa shape index (κ3) is 2.12. The van der Waals surface area contributed by atoms with Crippen molar-refractivity contribution >= 4 is 12.2 Å². The number of benzene rings is 1. The SMILES string of the molecule is Cc1ccc(-c2cc(=O)[nH]c(=S)[nH]2)c(C)c1. The summed E-state index contributed by atoms with van der Waals surface area (Å²) in [6.45, 7) is 4.05. The lowest BCUT2D eigenvalue weighted by Crippen LogP contribution is -2.06. The maximum absolute atomic E-state index is 11.3. The Morgan fingerprint density at radius 3 is 2.50 bits per heavy atom. The zero-order valence-corrected chi connectivity index (χ0v) is 9.94. The fourth-order valence-corrected chi connectivity index (χ4v) is 1.94. The summed E-state index contributed by atoms with van der Waals surface area (Å²) >= 11 is 4.94.